The zero-order valence-corrected chi connectivity index (χ0v) is 14.9. The quantitative estimate of drug-likeness (QED) is 0.779. The van der Waals surface area contributed by atoms with Crippen LogP contribution in [0.25, 0.3) is 5.65 Å². The SMILES string of the molecule is CC(C)(C)c1cc2nc3c(c(=O)n2[nH]1)CN(Cc1cccnc1)CC3. The topological polar surface area (TPSA) is 66.3 Å². The minimum atomic E-state index is -0.0486. The molecule has 1 aliphatic heterocycles. The van der Waals surface area contributed by atoms with Crippen LogP contribution in [0.1, 0.15) is 43.3 Å². The summed E-state index contributed by atoms with van der Waals surface area (Å²) in [5.41, 5.74) is 4.61. The summed E-state index contributed by atoms with van der Waals surface area (Å²) in [5.74, 6) is 0. The van der Waals surface area contributed by atoms with E-state index in [1.807, 2.05) is 18.3 Å². The maximum Gasteiger partial charge on any atom is 0.277 e. The number of nitrogens with zero attached hydrogens (tertiary/aromatic N) is 4. The summed E-state index contributed by atoms with van der Waals surface area (Å²) in [7, 11) is 0. The van der Waals surface area contributed by atoms with Gasteiger partial charge in [-0.2, -0.15) is 0 Å². The van der Waals surface area contributed by atoms with Gasteiger partial charge < -0.3 is 0 Å². The number of aromatic nitrogens is 4. The van der Waals surface area contributed by atoms with Crippen molar-refractivity contribution in [2.45, 2.75) is 45.7 Å². The van der Waals surface area contributed by atoms with Crippen molar-refractivity contribution < 1.29 is 0 Å². The Bertz CT molecular complexity index is 965. The third-order valence-electron chi connectivity index (χ3n) is 4.78. The van der Waals surface area contributed by atoms with Gasteiger partial charge in [-0.25, -0.2) is 9.50 Å². The third-order valence-corrected chi connectivity index (χ3v) is 4.78. The van der Waals surface area contributed by atoms with Crippen LogP contribution < -0.4 is 5.56 Å². The Kier molecular flexibility index (Phi) is 3.72. The fraction of sp³-hybridized carbons (Fsp3) is 0.421. The first kappa shape index (κ1) is 16.0. The lowest BCUT2D eigenvalue weighted by molar-refractivity contribution is 0.241. The zero-order valence-electron chi connectivity index (χ0n) is 14.9. The molecular weight excluding hydrogens is 314 g/mol. The van der Waals surface area contributed by atoms with Gasteiger partial charge >= 0.3 is 0 Å². The Labute approximate surface area is 146 Å². The van der Waals surface area contributed by atoms with Crippen molar-refractivity contribution in [3.63, 3.8) is 0 Å². The maximum atomic E-state index is 13.0. The fourth-order valence-electron chi connectivity index (χ4n) is 3.31. The van der Waals surface area contributed by atoms with E-state index >= 15 is 0 Å². The van der Waals surface area contributed by atoms with Crippen LogP contribution in [0.15, 0.2) is 35.4 Å². The number of rotatable bonds is 2. The highest BCUT2D eigenvalue weighted by atomic mass is 16.1. The lowest BCUT2D eigenvalue weighted by atomic mass is 9.93. The predicted octanol–water partition coefficient (Wildman–Crippen LogP) is 2.27. The van der Waals surface area contributed by atoms with E-state index in [4.69, 9.17) is 4.98 Å². The summed E-state index contributed by atoms with van der Waals surface area (Å²) >= 11 is 0. The molecule has 6 nitrogen and oxygen atoms in total. The molecule has 0 spiro atoms. The molecule has 1 N–H and O–H groups in total. The molecule has 4 rings (SSSR count). The highest BCUT2D eigenvalue weighted by Gasteiger charge is 2.24. The first-order chi connectivity index (χ1) is 11.9. The van der Waals surface area contributed by atoms with E-state index < -0.39 is 0 Å². The van der Waals surface area contributed by atoms with Gasteiger partial charge in [-0.1, -0.05) is 26.8 Å². The van der Waals surface area contributed by atoms with Crippen molar-refractivity contribution in [2.75, 3.05) is 6.54 Å². The van der Waals surface area contributed by atoms with E-state index in [-0.39, 0.29) is 11.0 Å². The molecule has 0 atom stereocenters. The molecule has 3 aromatic heterocycles. The van der Waals surface area contributed by atoms with Crippen molar-refractivity contribution in [3.8, 4) is 0 Å². The number of fused-ring (bicyclic) bond motifs is 2. The second-order valence-corrected chi connectivity index (χ2v) is 7.78. The predicted molar refractivity (Wildman–Crippen MR) is 96.6 cm³/mol. The highest BCUT2D eigenvalue weighted by molar-refractivity contribution is 5.43. The minimum Gasteiger partial charge on any atom is -0.294 e. The summed E-state index contributed by atoms with van der Waals surface area (Å²) in [6, 6.07) is 6.00. The smallest absolute Gasteiger partial charge is 0.277 e. The number of aromatic amines is 1. The molecule has 0 bridgehead atoms. The molecule has 0 amide bonds. The van der Waals surface area contributed by atoms with Gasteiger partial charge in [-0.05, 0) is 11.6 Å². The van der Waals surface area contributed by atoms with Crippen LogP contribution in [0.5, 0.6) is 0 Å². The summed E-state index contributed by atoms with van der Waals surface area (Å²) in [6.07, 6.45) is 4.46. The number of H-pyrrole nitrogens is 1. The van der Waals surface area contributed by atoms with Gasteiger partial charge in [0.25, 0.3) is 5.56 Å². The molecule has 0 saturated carbocycles. The van der Waals surface area contributed by atoms with Crippen LogP contribution in [0, 0.1) is 0 Å². The van der Waals surface area contributed by atoms with Crippen LogP contribution in [0.2, 0.25) is 0 Å². The summed E-state index contributed by atoms with van der Waals surface area (Å²) in [5, 5.41) is 3.23. The van der Waals surface area contributed by atoms with Crippen LogP contribution in [0.3, 0.4) is 0 Å². The van der Waals surface area contributed by atoms with Gasteiger partial charge in [0.05, 0.1) is 11.3 Å². The Morgan fingerprint density at radius 3 is 2.88 bits per heavy atom. The van der Waals surface area contributed by atoms with Crippen molar-refractivity contribution in [1.82, 2.24) is 24.5 Å². The van der Waals surface area contributed by atoms with Gasteiger partial charge in [-0.15, -0.1) is 0 Å². The van der Waals surface area contributed by atoms with Crippen LogP contribution in [-0.2, 0) is 24.9 Å². The first-order valence-corrected chi connectivity index (χ1v) is 8.67. The molecular formula is C19H23N5O. The summed E-state index contributed by atoms with van der Waals surface area (Å²) < 4.78 is 1.59. The van der Waals surface area contributed by atoms with Gasteiger partial charge in [0, 0.05) is 55.6 Å². The highest BCUT2D eigenvalue weighted by Crippen LogP contribution is 2.22. The first-order valence-electron chi connectivity index (χ1n) is 8.67. The van der Waals surface area contributed by atoms with Gasteiger partial charge in [0.2, 0.25) is 0 Å². The molecule has 0 fully saturated rings. The molecule has 3 aromatic rings. The second-order valence-electron chi connectivity index (χ2n) is 7.78. The van der Waals surface area contributed by atoms with E-state index in [9.17, 15) is 4.79 Å². The van der Waals surface area contributed by atoms with Crippen LogP contribution in [-0.4, -0.2) is 31.0 Å². The molecule has 4 heterocycles. The Morgan fingerprint density at radius 2 is 2.16 bits per heavy atom. The Hall–Kier alpha value is -2.47. The average Bonchev–Trinajstić information content (AvgIpc) is 3.01. The van der Waals surface area contributed by atoms with E-state index in [0.29, 0.717) is 6.54 Å². The van der Waals surface area contributed by atoms with Crippen LogP contribution >= 0.6 is 0 Å². The largest absolute Gasteiger partial charge is 0.294 e. The summed E-state index contributed by atoms with van der Waals surface area (Å²) in [6.45, 7) is 8.70. The van der Waals surface area contributed by atoms with E-state index in [0.717, 1.165) is 47.7 Å². The normalized spacial score (nSPS) is 15.5. The Balaban J connectivity index is 1.69. The van der Waals surface area contributed by atoms with Gasteiger partial charge in [0.1, 0.15) is 0 Å². The molecule has 0 aliphatic carbocycles. The van der Waals surface area contributed by atoms with Gasteiger partial charge in [-0.3, -0.25) is 19.8 Å². The molecule has 6 heteroatoms. The Morgan fingerprint density at radius 1 is 1.32 bits per heavy atom. The molecule has 1 aliphatic rings. The van der Waals surface area contributed by atoms with E-state index in [2.05, 4.69) is 41.8 Å². The molecule has 0 radical (unpaired) electrons. The number of hydrogen-bond donors (Lipinski definition) is 1. The number of pyridine rings is 1. The number of nitrogens with one attached hydrogen (secondary N) is 1. The van der Waals surface area contributed by atoms with E-state index in [1.165, 1.54) is 0 Å². The lowest BCUT2D eigenvalue weighted by Gasteiger charge is -2.27. The van der Waals surface area contributed by atoms with E-state index in [1.54, 1.807) is 10.7 Å². The monoisotopic (exact) mass is 337 g/mol. The minimum absolute atomic E-state index is 0.0198. The molecule has 0 aromatic carbocycles. The van der Waals surface area contributed by atoms with Crippen LogP contribution in [0.4, 0.5) is 0 Å². The molecule has 0 unspecified atom stereocenters. The second kappa shape index (κ2) is 5.81. The molecule has 0 saturated heterocycles. The van der Waals surface area contributed by atoms with Crippen molar-refractivity contribution >= 4 is 5.65 Å². The maximum absolute atomic E-state index is 13.0. The van der Waals surface area contributed by atoms with Crippen molar-refractivity contribution in [3.05, 3.63) is 63.5 Å². The van der Waals surface area contributed by atoms with Crippen molar-refractivity contribution in [1.29, 1.82) is 0 Å². The fourth-order valence-corrected chi connectivity index (χ4v) is 3.31. The standard InChI is InChI=1S/C19H23N5O/c1-19(2,3)16-9-17-21-15-6-8-23(11-13-5-4-7-20-10-13)12-14(15)18(25)24(17)22-16/h4-5,7,9-10,22H,6,8,11-12H2,1-3H3. The number of hydrogen-bond acceptors (Lipinski definition) is 4. The molecule has 130 valence electrons. The lowest BCUT2D eigenvalue weighted by Crippen LogP contribution is -2.36. The van der Waals surface area contributed by atoms with Gasteiger partial charge in [0.15, 0.2) is 5.65 Å². The average molecular weight is 337 g/mol. The van der Waals surface area contributed by atoms with Crippen molar-refractivity contribution in [2.24, 2.45) is 0 Å². The third kappa shape index (κ3) is 2.98. The zero-order chi connectivity index (χ0) is 17.6. The summed E-state index contributed by atoms with van der Waals surface area (Å²) in [4.78, 5) is 24.2. The molecule has 25 heavy (non-hydrogen) atoms.